The second-order valence-electron chi connectivity index (χ2n) is 5.03. The Labute approximate surface area is 140 Å². The number of hydrogen-bond donors (Lipinski definition) is 4. The number of likely N-dealkylation sites (N-methyl/N-ethyl adjacent to an activating group) is 1. The molecule has 8 nitrogen and oxygen atoms in total. The van der Waals surface area contributed by atoms with Gasteiger partial charge in [0.15, 0.2) is 0 Å². The Morgan fingerprint density at radius 2 is 1.75 bits per heavy atom. The zero-order chi connectivity index (χ0) is 17.8. The molecule has 0 aliphatic carbocycles. The smallest absolute Gasteiger partial charge is 0.243 e. The van der Waals surface area contributed by atoms with Crippen LogP contribution in [0.5, 0.6) is 0 Å². The van der Waals surface area contributed by atoms with Gasteiger partial charge in [0, 0.05) is 6.42 Å². The van der Waals surface area contributed by atoms with E-state index in [1.807, 2.05) is 30.3 Å². The Morgan fingerprint density at radius 3 is 2.38 bits per heavy atom. The van der Waals surface area contributed by atoms with Crippen molar-refractivity contribution in [2.75, 3.05) is 26.7 Å². The van der Waals surface area contributed by atoms with Gasteiger partial charge in [-0.25, -0.2) is 0 Å². The van der Waals surface area contributed by atoms with E-state index in [1.54, 1.807) is 7.05 Å². The molecule has 0 aliphatic rings. The summed E-state index contributed by atoms with van der Waals surface area (Å²) >= 11 is 0. The summed E-state index contributed by atoms with van der Waals surface area (Å²) in [5.74, 6) is -1.26. The van der Waals surface area contributed by atoms with E-state index in [0.29, 0.717) is 6.29 Å². The molecule has 130 valence electrons. The third-order valence-corrected chi connectivity index (χ3v) is 3.08. The molecule has 1 aromatic carbocycles. The van der Waals surface area contributed by atoms with Gasteiger partial charge in [0.2, 0.25) is 17.7 Å². The molecule has 8 heteroatoms. The van der Waals surface area contributed by atoms with E-state index in [0.717, 1.165) is 5.56 Å². The van der Waals surface area contributed by atoms with E-state index in [9.17, 15) is 19.2 Å². The van der Waals surface area contributed by atoms with Gasteiger partial charge in [-0.2, -0.15) is 0 Å². The zero-order valence-electron chi connectivity index (χ0n) is 13.5. The number of nitrogens with one attached hydrogen (secondary N) is 4. The fourth-order valence-corrected chi connectivity index (χ4v) is 1.97. The Bertz CT molecular complexity index is 562. The zero-order valence-corrected chi connectivity index (χ0v) is 13.5. The molecule has 0 spiro atoms. The quantitative estimate of drug-likeness (QED) is 0.383. The molecule has 1 rings (SSSR count). The van der Waals surface area contributed by atoms with Crippen molar-refractivity contribution in [3.63, 3.8) is 0 Å². The molecular weight excluding hydrogens is 312 g/mol. The first-order chi connectivity index (χ1) is 11.6. The molecule has 24 heavy (non-hydrogen) atoms. The largest absolute Gasteiger partial charge is 0.348 e. The van der Waals surface area contributed by atoms with Crippen LogP contribution in [0.25, 0.3) is 0 Å². The van der Waals surface area contributed by atoms with Crippen LogP contribution in [0.2, 0.25) is 0 Å². The lowest BCUT2D eigenvalue weighted by molar-refractivity contribution is -0.130. The summed E-state index contributed by atoms with van der Waals surface area (Å²) in [6, 6.07) is 8.34. The molecule has 4 N–H and O–H groups in total. The van der Waals surface area contributed by atoms with Crippen molar-refractivity contribution in [2.45, 2.75) is 12.5 Å². The van der Waals surface area contributed by atoms with Crippen molar-refractivity contribution in [1.29, 1.82) is 0 Å². The van der Waals surface area contributed by atoms with Gasteiger partial charge in [0.1, 0.15) is 12.3 Å². The van der Waals surface area contributed by atoms with Gasteiger partial charge < -0.3 is 26.1 Å². The molecule has 0 saturated heterocycles. The van der Waals surface area contributed by atoms with E-state index in [1.165, 1.54) is 0 Å². The Morgan fingerprint density at radius 1 is 1.04 bits per heavy atom. The predicted octanol–water partition coefficient (Wildman–Crippen LogP) is -1.64. The van der Waals surface area contributed by atoms with Crippen LogP contribution >= 0.6 is 0 Å². The molecule has 1 atom stereocenters. The summed E-state index contributed by atoms with van der Waals surface area (Å²) in [4.78, 5) is 45.8. The maximum atomic E-state index is 12.1. The molecule has 0 aromatic heterocycles. The van der Waals surface area contributed by atoms with Crippen LogP contribution < -0.4 is 21.3 Å². The highest BCUT2D eigenvalue weighted by molar-refractivity contribution is 5.91. The van der Waals surface area contributed by atoms with Crippen LogP contribution in [0, 0.1) is 0 Å². The van der Waals surface area contributed by atoms with Gasteiger partial charge in [0.05, 0.1) is 19.6 Å². The van der Waals surface area contributed by atoms with Gasteiger partial charge in [-0.15, -0.1) is 0 Å². The van der Waals surface area contributed by atoms with Crippen LogP contribution in [0.15, 0.2) is 30.3 Å². The second-order valence-corrected chi connectivity index (χ2v) is 5.03. The maximum absolute atomic E-state index is 12.1. The summed E-state index contributed by atoms with van der Waals surface area (Å²) < 4.78 is 0. The van der Waals surface area contributed by atoms with E-state index >= 15 is 0 Å². The number of benzene rings is 1. The van der Waals surface area contributed by atoms with Gasteiger partial charge in [0.25, 0.3) is 0 Å². The lowest BCUT2D eigenvalue weighted by Gasteiger charge is -2.18. The van der Waals surface area contributed by atoms with Crippen LogP contribution in [-0.4, -0.2) is 56.7 Å². The Balaban J connectivity index is 2.63. The number of carbonyl (C=O) groups excluding carboxylic acids is 4. The highest BCUT2D eigenvalue weighted by atomic mass is 16.2. The minimum Gasteiger partial charge on any atom is -0.348 e. The third kappa shape index (κ3) is 7.50. The van der Waals surface area contributed by atoms with E-state index in [2.05, 4.69) is 21.3 Å². The predicted molar refractivity (Wildman–Crippen MR) is 88.1 cm³/mol. The number of hydrogen-bond acceptors (Lipinski definition) is 5. The molecule has 1 unspecified atom stereocenters. The summed E-state index contributed by atoms with van der Waals surface area (Å²) in [5.41, 5.74) is 0.864. The SMILES string of the molecule is CNCC(=O)NCC(=O)NC(Cc1ccccc1)C(=O)NCC=O. The van der Waals surface area contributed by atoms with Gasteiger partial charge in [-0.1, -0.05) is 30.3 Å². The van der Waals surface area contributed by atoms with Crippen molar-refractivity contribution in [2.24, 2.45) is 0 Å². The van der Waals surface area contributed by atoms with Crippen molar-refractivity contribution in [3.8, 4) is 0 Å². The highest BCUT2D eigenvalue weighted by Crippen LogP contribution is 2.03. The van der Waals surface area contributed by atoms with E-state index in [4.69, 9.17) is 0 Å². The van der Waals surface area contributed by atoms with Crippen LogP contribution in [-0.2, 0) is 25.6 Å². The summed E-state index contributed by atoms with van der Waals surface area (Å²) in [5, 5.41) is 10.1. The average Bonchev–Trinajstić information content (AvgIpc) is 2.58. The Kier molecular flexibility index (Phi) is 8.77. The van der Waals surface area contributed by atoms with Crippen molar-refractivity contribution in [1.82, 2.24) is 21.3 Å². The van der Waals surface area contributed by atoms with Crippen LogP contribution in [0.4, 0.5) is 0 Å². The molecule has 0 fully saturated rings. The molecular formula is C16H22N4O4. The first-order valence-corrected chi connectivity index (χ1v) is 7.52. The minimum absolute atomic E-state index is 0.0978. The third-order valence-electron chi connectivity index (χ3n) is 3.08. The van der Waals surface area contributed by atoms with Crippen molar-refractivity contribution < 1.29 is 19.2 Å². The van der Waals surface area contributed by atoms with Gasteiger partial charge in [-0.3, -0.25) is 14.4 Å². The fraction of sp³-hybridized carbons (Fsp3) is 0.375. The minimum atomic E-state index is -0.832. The average molecular weight is 334 g/mol. The Hall–Kier alpha value is -2.74. The topological polar surface area (TPSA) is 116 Å². The number of aldehydes is 1. The first kappa shape index (κ1) is 19.3. The molecule has 0 radical (unpaired) electrons. The molecule has 0 aliphatic heterocycles. The van der Waals surface area contributed by atoms with E-state index < -0.39 is 17.9 Å². The van der Waals surface area contributed by atoms with E-state index in [-0.39, 0.29) is 32.0 Å². The fourth-order valence-electron chi connectivity index (χ4n) is 1.97. The summed E-state index contributed by atoms with van der Waals surface area (Å²) in [7, 11) is 1.62. The van der Waals surface area contributed by atoms with Gasteiger partial charge >= 0.3 is 0 Å². The lowest BCUT2D eigenvalue weighted by atomic mass is 10.1. The van der Waals surface area contributed by atoms with Crippen LogP contribution in [0.3, 0.4) is 0 Å². The number of rotatable bonds is 10. The van der Waals surface area contributed by atoms with Crippen LogP contribution in [0.1, 0.15) is 5.56 Å². The standard InChI is InChI=1S/C16H22N4O4/c1-17-10-14(22)19-11-15(23)20-13(16(24)18-7-8-21)9-12-5-3-2-4-6-12/h2-6,8,13,17H,7,9-11H2,1H3,(H,18,24)(H,19,22)(H,20,23). The maximum Gasteiger partial charge on any atom is 0.243 e. The number of amides is 3. The summed E-state index contributed by atoms with van der Waals surface area (Å²) in [6.07, 6.45) is 0.846. The van der Waals surface area contributed by atoms with Crippen molar-refractivity contribution in [3.05, 3.63) is 35.9 Å². The molecule has 3 amide bonds. The second kappa shape index (κ2) is 10.9. The molecule has 0 bridgehead atoms. The number of carbonyl (C=O) groups is 4. The monoisotopic (exact) mass is 334 g/mol. The molecule has 1 aromatic rings. The molecule has 0 heterocycles. The first-order valence-electron chi connectivity index (χ1n) is 7.52. The summed E-state index contributed by atoms with van der Waals surface area (Å²) in [6.45, 7) is -0.258. The molecule has 0 saturated carbocycles. The van der Waals surface area contributed by atoms with Crippen molar-refractivity contribution >= 4 is 24.0 Å². The highest BCUT2D eigenvalue weighted by Gasteiger charge is 2.21. The lowest BCUT2D eigenvalue weighted by Crippen LogP contribution is -2.51. The normalized spacial score (nSPS) is 11.2. The van der Waals surface area contributed by atoms with Gasteiger partial charge in [-0.05, 0) is 12.6 Å².